The van der Waals surface area contributed by atoms with Crippen LogP contribution in [-0.4, -0.2) is 55.6 Å². The van der Waals surface area contributed by atoms with E-state index in [1.807, 2.05) is 0 Å². The van der Waals surface area contributed by atoms with E-state index in [1.165, 1.54) is 4.90 Å². The van der Waals surface area contributed by atoms with Crippen LogP contribution in [0.4, 0.5) is 13.2 Å². The molecule has 32 heavy (non-hydrogen) atoms. The molecule has 0 radical (unpaired) electrons. The smallest absolute Gasteiger partial charge is 0.367 e. The molecule has 10 heteroatoms. The highest BCUT2D eigenvalue weighted by molar-refractivity contribution is 6.21. The van der Waals surface area contributed by atoms with Crippen molar-refractivity contribution in [1.29, 1.82) is 0 Å². The van der Waals surface area contributed by atoms with Crippen molar-refractivity contribution < 1.29 is 27.5 Å². The topological polar surface area (TPSA) is 83.0 Å². The van der Waals surface area contributed by atoms with E-state index in [0.717, 1.165) is 5.56 Å². The zero-order chi connectivity index (χ0) is 23.1. The molecular weight excluding hydrogens is 425 g/mol. The minimum Gasteiger partial charge on any atom is -0.367 e. The van der Waals surface area contributed by atoms with Gasteiger partial charge in [0.15, 0.2) is 5.96 Å². The highest BCUT2D eigenvalue weighted by Crippen LogP contribution is 2.21. The Labute approximate surface area is 183 Å². The van der Waals surface area contributed by atoms with Gasteiger partial charge in [0, 0.05) is 26.7 Å². The Bertz CT molecular complexity index is 956. The highest BCUT2D eigenvalue weighted by Gasteiger charge is 2.34. The molecule has 2 amide bonds. The number of carbonyl (C=O) groups is 2. The predicted molar refractivity (Wildman–Crippen MR) is 112 cm³/mol. The third kappa shape index (κ3) is 6.07. The number of hydrogen-bond acceptors (Lipinski definition) is 4. The van der Waals surface area contributed by atoms with Crippen LogP contribution in [0.15, 0.2) is 53.5 Å². The van der Waals surface area contributed by atoms with E-state index in [4.69, 9.17) is 0 Å². The number of nitrogens with zero attached hydrogens (tertiary/aromatic N) is 2. The molecule has 0 saturated heterocycles. The Morgan fingerprint density at radius 3 is 2.12 bits per heavy atom. The van der Waals surface area contributed by atoms with Crippen molar-refractivity contribution in [3.63, 3.8) is 0 Å². The molecule has 0 unspecified atom stereocenters. The summed E-state index contributed by atoms with van der Waals surface area (Å²) in [5, 5.41) is 6.16. The van der Waals surface area contributed by atoms with Crippen molar-refractivity contribution in [1.82, 2.24) is 15.5 Å². The lowest BCUT2D eigenvalue weighted by Gasteiger charge is -2.16. The third-order valence-corrected chi connectivity index (χ3v) is 4.75. The van der Waals surface area contributed by atoms with Crippen molar-refractivity contribution >= 4 is 17.8 Å². The molecule has 2 aromatic carbocycles. The highest BCUT2D eigenvalue weighted by atomic mass is 19.4. The van der Waals surface area contributed by atoms with Crippen LogP contribution in [0.1, 0.15) is 31.8 Å². The molecule has 1 heterocycles. The zero-order valence-electron chi connectivity index (χ0n) is 17.4. The maximum Gasteiger partial charge on any atom is 0.411 e. The van der Waals surface area contributed by atoms with Crippen LogP contribution in [0.25, 0.3) is 0 Å². The van der Waals surface area contributed by atoms with E-state index >= 15 is 0 Å². The Morgan fingerprint density at radius 1 is 0.969 bits per heavy atom. The number of hydrogen-bond donors (Lipinski definition) is 2. The molecule has 1 aliphatic rings. The van der Waals surface area contributed by atoms with Crippen LogP contribution in [0, 0.1) is 0 Å². The van der Waals surface area contributed by atoms with Crippen LogP contribution in [0.2, 0.25) is 0 Å². The van der Waals surface area contributed by atoms with Gasteiger partial charge in [-0.15, -0.1) is 0 Å². The van der Waals surface area contributed by atoms with Gasteiger partial charge in [-0.25, -0.2) is 0 Å². The number of nitrogens with one attached hydrogen (secondary N) is 2. The molecule has 0 spiro atoms. The number of rotatable bonds is 8. The van der Waals surface area contributed by atoms with Crippen molar-refractivity contribution in [3.05, 3.63) is 70.8 Å². The number of benzene rings is 2. The van der Waals surface area contributed by atoms with Crippen LogP contribution in [-0.2, 0) is 17.9 Å². The summed E-state index contributed by atoms with van der Waals surface area (Å²) in [6.45, 7) is -0.454. The van der Waals surface area contributed by atoms with Crippen molar-refractivity contribution in [3.8, 4) is 0 Å². The number of halogens is 3. The Hall–Kier alpha value is -3.40. The van der Waals surface area contributed by atoms with Gasteiger partial charge < -0.3 is 15.4 Å². The van der Waals surface area contributed by atoms with Crippen LogP contribution in [0.3, 0.4) is 0 Å². The number of carbonyl (C=O) groups excluding carboxylic acids is 2. The van der Waals surface area contributed by atoms with Gasteiger partial charge in [0.2, 0.25) is 0 Å². The monoisotopic (exact) mass is 448 g/mol. The first-order valence-corrected chi connectivity index (χ1v) is 9.90. The van der Waals surface area contributed by atoms with E-state index in [2.05, 4.69) is 20.4 Å². The van der Waals surface area contributed by atoms with Gasteiger partial charge in [-0.2, -0.15) is 13.2 Å². The summed E-state index contributed by atoms with van der Waals surface area (Å²) < 4.78 is 41.0. The minimum atomic E-state index is -4.34. The Kier molecular flexibility index (Phi) is 7.47. The summed E-state index contributed by atoms with van der Waals surface area (Å²) in [6, 6.07) is 13.7. The summed E-state index contributed by atoms with van der Waals surface area (Å²) in [7, 11) is 1.60. The standard InChI is InChI=1S/C22H23F3N4O3/c1-26-21(27-10-11-29-19(30)17-4-2-3-5-18(17)20(29)31)28-12-15-6-8-16(9-7-15)13-32-14-22(23,24)25/h2-9H,10-14H2,1H3,(H2,26,27,28). The molecule has 3 rings (SSSR count). The molecule has 2 aromatic rings. The van der Waals surface area contributed by atoms with Crippen LogP contribution < -0.4 is 10.6 Å². The van der Waals surface area contributed by atoms with Gasteiger partial charge in [-0.1, -0.05) is 36.4 Å². The predicted octanol–water partition coefficient (Wildman–Crippen LogP) is 2.73. The van der Waals surface area contributed by atoms with Crippen molar-refractivity contribution in [2.45, 2.75) is 19.3 Å². The summed E-state index contributed by atoms with van der Waals surface area (Å²) in [4.78, 5) is 30.0. The number of alkyl halides is 3. The van der Waals surface area contributed by atoms with Gasteiger partial charge in [0.05, 0.1) is 17.7 Å². The van der Waals surface area contributed by atoms with E-state index in [-0.39, 0.29) is 25.0 Å². The average molecular weight is 448 g/mol. The Morgan fingerprint density at radius 2 is 1.56 bits per heavy atom. The molecular formula is C22H23F3N4O3. The van der Waals surface area contributed by atoms with Gasteiger partial charge in [-0.05, 0) is 23.3 Å². The number of imide groups is 1. The zero-order valence-corrected chi connectivity index (χ0v) is 17.4. The molecule has 7 nitrogen and oxygen atoms in total. The summed E-state index contributed by atoms with van der Waals surface area (Å²) in [5.41, 5.74) is 2.36. The molecule has 170 valence electrons. The molecule has 0 aliphatic carbocycles. The minimum absolute atomic E-state index is 0.117. The molecule has 0 saturated carbocycles. The largest absolute Gasteiger partial charge is 0.411 e. The fourth-order valence-electron chi connectivity index (χ4n) is 3.17. The van der Waals surface area contributed by atoms with Gasteiger partial charge in [0.1, 0.15) is 6.61 Å². The van der Waals surface area contributed by atoms with Gasteiger partial charge in [-0.3, -0.25) is 19.5 Å². The quantitative estimate of drug-likeness (QED) is 0.369. The summed E-state index contributed by atoms with van der Waals surface area (Å²) >= 11 is 0. The van der Waals surface area contributed by atoms with E-state index < -0.39 is 12.8 Å². The van der Waals surface area contributed by atoms with Crippen LogP contribution >= 0.6 is 0 Å². The fraction of sp³-hybridized carbons (Fsp3) is 0.318. The molecule has 2 N–H and O–H groups in total. The summed E-state index contributed by atoms with van der Waals surface area (Å²) in [6.07, 6.45) is -4.34. The maximum atomic E-state index is 12.4. The molecule has 0 aromatic heterocycles. The number of fused-ring (bicyclic) bond motifs is 1. The SMILES string of the molecule is CN=C(NCCN1C(=O)c2ccccc2C1=O)NCc1ccc(COCC(F)(F)F)cc1. The first-order valence-electron chi connectivity index (χ1n) is 9.90. The number of amides is 2. The number of aliphatic imine (C=N–C) groups is 1. The van der Waals surface area contributed by atoms with Crippen molar-refractivity contribution in [2.24, 2.45) is 4.99 Å². The first kappa shape index (κ1) is 23.3. The average Bonchev–Trinajstić information content (AvgIpc) is 3.01. The third-order valence-electron chi connectivity index (χ3n) is 4.75. The molecule has 0 atom stereocenters. The van der Waals surface area contributed by atoms with E-state index in [1.54, 1.807) is 55.6 Å². The molecule has 0 bridgehead atoms. The second-order valence-corrected chi connectivity index (χ2v) is 7.08. The summed E-state index contributed by atoms with van der Waals surface area (Å²) in [5.74, 6) is -0.136. The van der Waals surface area contributed by atoms with Crippen LogP contribution in [0.5, 0.6) is 0 Å². The second-order valence-electron chi connectivity index (χ2n) is 7.08. The maximum absolute atomic E-state index is 12.4. The number of ether oxygens (including phenoxy) is 1. The lowest BCUT2D eigenvalue weighted by Crippen LogP contribution is -2.42. The normalized spacial score (nSPS) is 14.0. The number of guanidine groups is 1. The molecule has 0 fully saturated rings. The van der Waals surface area contributed by atoms with Gasteiger partial charge >= 0.3 is 6.18 Å². The molecule has 1 aliphatic heterocycles. The van der Waals surface area contributed by atoms with Gasteiger partial charge in [0.25, 0.3) is 11.8 Å². The second kappa shape index (κ2) is 10.3. The lowest BCUT2D eigenvalue weighted by molar-refractivity contribution is -0.176. The van der Waals surface area contributed by atoms with E-state index in [0.29, 0.717) is 35.7 Å². The Balaban J connectivity index is 1.42. The first-order chi connectivity index (χ1) is 15.3. The van der Waals surface area contributed by atoms with E-state index in [9.17, 15) is 22.8 Å². The van der Waals surface area contributed by atoms with Crippen molar-refractivity contribution in [2.75, 3.05) is 26.7 Å². The lowest BCUT2D eigenvalue weighted by atomic mass is 10.1. The fourth-order valence-corrected chi connectivity index (χ4v) is 3.17.